The number of hydrogen-bond acceptors (Lipinski definition) is 4. The summed E-state index contributed by atoms with van der Waals surface area (Å²) in [5.74, 6) is 0.0370. The number of hydrogen-bond donors (Lipinski definition) is 0. The minimum Gasteiger partial charge on any atom is -0.373 e. The van der Waals surface area contributed by atoms with Gasteiger partial charge in [0, 0.05) is 14.2 Å². The Morgan fingerprint density at radius 1 is 1.56 bits per heavy atom. The molecule has 0 amide bonds. The molecule has 0 saturated carbocycles. The van der Waals surface area contributed by atoms with Crippen LogP contribution in [0.1, 0.15) is 19.3 Å². The normalized spacial score (nSPS) is 27.4. The van der Waals surface area contributed by atoms with E-state index in [9.17, 15) is 4.79 Å². The van der Waals surface area contributed by atoms with Crippen LogP contribution in [0.4, 0.5) is 0 Å². The van der Waals surface area contributed by atoms with Gasteiger partial charge in [0.2, 0.25) is 0 Å². The van der Waals surface area contributed by atoms with Crippen molar-refractivity contribution in [3.8, 4) is 0 Å². The first-order valence-corrected chi connectivity index (χ1v) is 6.11. The first-order chi connectivity index (χ1) is 8.67. The number of carbonyl (C=O) groups is 1. The van der Waals surface area contributed by atoms with Gasteiger partial charge in [0.1, 0.15) is 12.9 Å². The minimum absolute atomic E-state index is 0.0370. The van der Waals surface area contributed by atoms with Gasteiger partial charge in [-0.15, -0.1) is 6.58 Å². The quantitative estimate of drug-likeness (QED) is 0.378. The molecule has 0 heterocycles. The molecule has 0 fully saturated rings. The lowest BCUT2D eigenvalue weighted by molar-refractivity contribution is -0.127. The van der Waals surface area contributed by atoms with E-state index in [-0.39, 0.29) is 17.3 Å². The highest BCUT2D eigenvalue weighted by atomic mass is 16.7. The third-order valence-electron chi connectivity index (χ3n) is 3.29. The summed E-state index contributed by atoms with van der Waals surface area (Å²) in [7, 11) is 3.17. The Morgan fingerprint density at radius 3 is 2.94 bits per heavy atom. The van der Waals surface area contributed by atoms with E-state index in [0.29, 0.717) is 19.8 Å². The number of methoxy groups -OCH3 is 2. The molecule has 102 valence electrons. The minimum atomic E-state index is -0.350. The molecule has 1 rings (SSSR count). The van der Waals surface area contributed by atoms with Crippen LogP contribution in [0.25, 0.3) is 0 Å². The van der Waals surface area contributed by atoms with Gasteiger partial charge in [-0.25, -0.2) is 0 Å². The van der Waals surface area contributed by atoms with E-state index in [4.69, 9.17) is 14.2 Å². The summed E-state index contributed by atoms with van der Waals surface area (Å²) in [6, 6.07) is 0. The molecule has 1 aliphatic carbocycles. The number of allylic oxidation sites excluding steroid dienone is 2. The van der Waals surface area contributed by atoms with Crippen molar-refractivity contribution in [2.75, 3.05) is 27.6 Å². The molecule has 18 heavy (non-hydrogen) atoms. The van der Waals surface area contributed by atoms with Gasteiger partial charge in [0.25, 0.3) is 0 Å². The Balaban J connectivity index is 2.65. The fourth-order valence-corrected chi connectivity index (χ4v) is 2.25. The summed E-state index contributed by atoms with van der Waals surface area (Å²) < 4.78 is 15.4. The van der Waals surface area contributed by atoms with Gasteiger partial charge in [0.15, 0.2) is 5.78 Å². The fourth-order valence-electron chi connectivity index (χ4n) is 2.25. The van der Waals surface area contributed by atoms with E-state index in [1.54, 1.807) is 20.3 Å². The predicted octanol–water partition coefficient (Wildman–Crippen LogP) is 2.10. The molecule has 4 nitrogen and oxygen atoms in total. The Morgan fingerprint density at radius 2 is 2.33 bits per heavy atom. The van der Waals surface area contributed by atoms with E-state index in [0.717, 1.165) is 12.8 Å². The van der Waals surface area contributed by atoms with E-state index >= 15 is 0 Å². The summed E-state index contributed by atoms with van der Waals surface area (Å²) >= 11 is 0. The van der Waals surface area contributed by atoms with Crippen molar-refractivity contribution < 1.29 is 19.0 Å². The van der Waals surface area contributed by atoms with Crippen LogP contribution in [-0.4, -0.2) is 39.5 Å². The topological polar surface area (TPSA) is 44.8 Å². The van der Waals surface area contributed by atoms with Crippen molar-refractivity contribution in [1.82, 2.24) is 0 Å². The monoisotopic (exact) mass is 254 g/mol. The maximum absolute atomic E-state index is 11.6. The van der Waals surface area contributed by atoms with Crippen LogP contribution in [0.15, 0.2) is 24.8 Å². The number of carbonyl (C=O) groups excluding carboxylic acids is 1. The zero-order valence-corrected chi connectivity index (χ0v) is 11.2. The van der Waals surface area contributed by atoms with Crippen molar-refractivity contribution in [1.29, 1.82) is 0 Å². The Hall–Kier alpha value is -0.970. The zero-order chi connectivity index (χ0) is 13.4. The first kappa shape index (κ1) is 15.1. The Bertz CT molecular complexity index is 311. The molecule has 0 bridgehead atoms. The maximum Gasteiger partial charge on any atom is 0.184 e. The number of ether oxygens (including phenoxy) is 3. The van der Waals surface area contributed by atoms with Gasteiger partial charge in [-0.05, 0) is 30.8 Å². The Kier molecular flexibility index (Phi) is 6.25. The van der Waals surface area contributed by atoms with Gasteiger partial charge in [0.05, 0.1) is 6.61 Å². The van der Waals surface area contributed by atoms with Crippen LogP contribution in [0.5, 0.6) is 0 Å². The summed E-state index contributed by atoms with van der Waals surface area (Å²) in [5, 5.41) is 0. The number of ketones is 1. The van der Waals surface area contributed by atoms with E-state index < -0.39 is 0 Å². The predicted molar refractivity (Wildman–Crippen MR) is 69.3 cm³/mol. The average Bonchev–Trinajstić information content (AvgIpc) is 2.38. The third-order valence-corrected chi connectivity index (χ3v) is 3.29. The lowest BCUT2D eigenvalue weighted by Crippen LogP contribution is -2.35. The zero-order valence-electron chi connectivity index (χ0n) is 11.2. The molecule has 0 radical (unpaired) electrons. The van der Waals surface area contributed by atoms with Crippen molar-refractivity contribution in [2.24, 2.45) is 5.41 Å². The molecule has 0 saturated heterocycles. The van der Waals surface area contributed by atoms with Crippen LogP contribution in [0.3, 0.4) is 0 Å². The van der Waals surface area contributed by atoms with Crippen molar-refractivity contribution >= 4 is 5.78 Å². The third kappa shape index (κ3) is 4.05. The molecule has 0 N–H and O–H groups in total. The van der Waals surface area contributed by atoms with Crippen molar-refractivity contribution in [3.63, 3.8) is 0 Å². The largest absolute Gasteiger partial charge is 0.373 e. The smallest absolute Gasteiger partial charge is 0.184 e. The fraction of sp³-hybridized carbons (Fsp3) is 0.643. The first-order valence-electron chi connectivity index (χ1n) is 6.11. The average molecular weight is 254 g/mol. The second-order valence-corrected chi connectivity index (χ2v) is 4.58. The molecule has 0 aliphatic heterocycles. The highest BCUT2D eigenvalue weighted by Crippen LogP contribution is 2.38. The summed E-state index contributed by atoms with van der Waals surface area (Å²) in [5.41, 5.74) is -0.0932. The highest BCUT2D eigenvalue weighted by Gasteiger charge is 2.35. The van der Waals surface area contributed by atoms with Crippen LogP contribution >= 0.6 is 0 Å². The molecule has 0 spiro atoms. The summed E-state index contributed by atoms with van der Waals surface area (Å²) in [4.78, 5) is 11.6. The SMILES string of the molecule is C=CCC1(CCOCOC)C=CC(=O)C(OC)C1. The Labute approximate surface area is 109 Å². The molecule has 0 aromatic carbocycles. The van der Waals surface area contributed by atoms with Crippen LogP contribution < -0.4 is 0 Å². The molecule has 1 aliphatic rings. The van der Waals surface area contributed by atoms with Gasteiger partial charge >= 0.3 is 0 Å². The molecule has 0 aromatic rings. The molecule has 2 atom stereocenters. The lowest BCUT2D eigenvalue weighted by atomic mass is 9.72. The van der Waals surface area contributed by atoms with Crippen LogP contribution in [-0.2, 0) is 19.0 Å². The number of rotatable bonds is 8. The second kappa shape index (κ2) is 7.46. The standard InChI is InChI=1S/C14H22O4/c1-4-6-14(8-9-18-11-16-2)7-5-12(15)13(10-14)17-3/h4-5,7,13H,1,6,8-11H2,2-3H3. The van der Waals surface area contributed by atoms with Crippen molar-refractivity contribution in [2.45, 2.75) is 25.4 Å². The molecule has 2 unspecified atom stereocenters. The molecular weight excluding hydrogens is 232 g/mol. The lowest BCUT2D eigenvalue weighted by Gasteiger charge is -2.35. The maximum atomic E-state index is 11.6. The molecular formula is C14H22O4. The second-order valence-electron chi connectivity index (χ2n) is 4.58. The highest BCUT2D eigenvalue weighted by molar-refractivity contribution is 5.94. The summed E-state index contributed by atoms with van der Waals surface area (Å²) in [6.45, 7) is 4.68. The van der Waals surface area contributed by atoms with E-state index in [1.165, 1.54) is 0 Å². The van der Waals surface area contributed by atoms with Crippen LogP contribution in [0.2, 0.25) is 0 Å². The van der Waals surface area contributed by atoms with Gasteiger partial charge in [-0.3, -0.25) is 4.79 Å². The van der Waals surface area contributed by atoms with E-state index in [1.807, 2.05) is 12.2 Å². The van der Waals surface area contributed by atoms with Gasteiger partial charge < -0.3 is 14.2 Å². The van der Waals surface area contributed by atoms with Gasteiger partial charge in [-0.2, -0.15) is 0 Å². The summed E-state index contributed by atoms with van der Waals surface area (Å²) in [6.07, 6.45) is 7.45. The molecule has 0 aromatic heterocycles. The van der Waals surface area contributed by atoms with Crippen molar-refractivity contribution in [3.05, 3.63) is 24.8 Å². The van der Waals surface area contributed by atoms with E-state index in [2.05, 4.69) is 6.58 Å². The molecule has 4 heteroatoms. The van der Waals surface area contributed by atoms with Gasteiger partial charge in [-0.1, -0.05) is 12.2 Å². The van der Waals surface area contributed by atoms with Crippen LogP contribution in [0, 0.1) is 5.41 Å².